The predicted molar refractivity (Wildman–Crippen MR) is 101 cm³/mol. The summed E-state index contributed by atoms with van der Waals surface area (Å²) < 4.78 is 12.8. The van der Waals surface area contributed by atoms with Crippen LogP contribution < -0.4 is 14.8 Å². The molecule has 2 aromatic heterocycles. The number of nitrogens with one attached hydrogen (secondary N) is 1. The molecule has 3 aromatic rings. The van der Waals surface area contributed by atoms with Gasteiger partial charge in [0.1, 0.15) is 11.4 Å². The van der Waals surface area contributed by atoms with Crippen LogP contribution in [0, 0.1) is 6.92 Å². The third kappa shape index (κ3) is 3.22. The van der Waals surface area contributed by atoms with Crippen molar-refractivity contribution < 1.29 is 14.3 Å². The Morgan fingerprint density at radius 2 is 2.04 bits per heavy atom. The number of aromatic nitrogens is 2. The summed E-state index contributed by atoms with van der Waals surface area (Å²) >= 11 is 0. The number of benzene rings is 1. The molecule has 2 heterocycles. The van der Waals surface area contributed by atoms with Gasteiger partial charge in [-0.05, 0) is 50.1 Å². The van der Waals surface area contributed by atoms with Gasteiger partial charge >= 0.3 is 0 Å². The summed E-state index contributed by atoms with van der Waals surface area (Å²) in [4.78, 5) is 17.7. The summed E-state index contributed by atoms with van der Waals surface area (Å²) in [5, 5.41) is 2.96. The maximum atomic E-state index is 13.0. The lowest BCUT2D eigenvalue weighted by atomic mass is 10.2. The van der Waals surface area contributed by atoms with Gasteiger partial charge in [0.15, 0.2) is 11.4 Å². The zero-order valence-electron chi connectivity index (χ0n) is 15.5. The number of anilines is 1. The fourth-order valence-electron chi connectivity index (χ4n) is 2.95. The number of carbonyl (C=O) groups is 1. The number of aryl methyl sites for hydroxylation is 2. The molecular formula is C20H23N3O3. The van der Waals surface area contributed by atoms with Gasteiger partial charge in [0.2, 0.25) is 0 Å². The molecule has 0 saturated carbocycles. The van der Waals surface area contributed by atoms with E-state index in [1.807, 2.05) is 57.3 Å². The van der Waals surface area contributed by atoms with Crippen molar-refractivity contribution in [2.45, 2.75) is 27.2 Å². The molecule has 0 fully saturated rings. The minimum atomic E-state index is -0.230. The van der Waals surface area contributed by atoms with Crippen LogP contribution in [0.3, 0.4) is 0 Å². The molecule has 0 aliphatic heterocycles. The van der Waals surface area contributed by atoms with Crippen molar-refractivity contribution in [3.05, 3.63) is 53.5 Å². The normalized spacial score (nSPS) is 10.8. The van der Waals surface area contributed by atoms with E-state index in [2.05, 4.69) is 10.3 Å². The lowest BCUT2D eigenvalue weighted by Gasteiger charge is -2.12. The minimum absolute atomic E-state index is 0.230. The first-order valence-corrected chi connectivity index (χ1v) is 8.67. The Kier molecular flexibility index (Phi) is 5.11. The number of pyridine rings is 1. The Labute approximate surface area is 152 Å². The number of hydrogen-bond donors (Lipinski definition) is 1. The molecule has 0 saturated heterocycles. The van der Waals surface area contributed by atoms with E-state index in [1.165, 1.54) is 0 Å². The number of carbonyl (C=O) groups excluding carboxylic acids is 1. The summed E-state index contributed by atoms with van der Waals surface area (Å²) in [7, 11) is 1.58. The van der Waals surface area contributed by atoms with E-state index < -0.39 is 0 Å². The molecule has 0 bridgehead atoms. The highest BCUT2D eigenvalue weighted by molar-refractivity contribution is 6.05. The van der Waals surface area contributed by atoms with Crippen LogP contribution in [0.2, 0.25) is 0 Å². The van der Waals surface area contributed by atoms with Crippen LogP contribution in [0.4, 0.5) is 5.69 Å². The first kappa shape index (κ1) is 17.8. The number of imidazole rings is 1. The van der Waals surface area contributed by atoms with E-state index >= 15 is 0 Å². The van der Waals surface area contributed by atoms with Crippen LogP contribution in [-0.4, -0.2) is 29.0 Å². The van der Waals surface area contributed by atoms with E-state index in [0.29, 0.717) is 41.6 Å². The lowest BCUT2D eigenvalue weighted by Crippen LogP contribution is -2.17. The van der Waals surface area contributed by atoms with Crippen LogP contribution in [-0.2, 0) is 6.42 Å². The van der Waals surface area contributed by atoms with Crippen molar-refractivity contribution >= 4 is 17.2 Å². The van der Waals surface area contributed by atoms with Crippen LogP contribution >= 0.6 is 0 Å². The van der Waals surface area contributed by atoms with Crippen LogP contribution in [0.25, 0.3) is 5.65 Å². The molecule has 6 nitrogen and oxygen atoms in total. The Bertz CT molecular complexity index is 947. The zero-order chi connectivity index (χ0) is 18.7. The second-order valence-electron chi connectivity index (χ2n) is 5.92. The van der Waals surface area contributed by atoms with E-state index in [1.54, 1.807) is 11.5 Å². The monoisotopic (exact) mass is 353 g/mol. The second-order valence-corrected chi connectivity index (χ2v) is 5.92. The number of rotatable bonds is 6. The van der Waals surface area contributed by atoms with Gasteiger partial charge in [-0.1, -0.05) is 13.0 Å². The highest BCUT2D eigenvalue weighted by Crippen LogP contribution is 2.27. The van der Waals surface area contributed by atoms with Crippen molar-refractivity contribution in [2.75, 3.05) is 19.0 Å². The molecule has 0 atom stereocenters. The average Bonchev–Trinajstić information content (AvgIpc) is 3.02. The second kappa shape index (κ2) is 7.47. The van der Waals surface area contributed by atoms with Gasteiger partial charge in [-0.3, -0.25) is 9.20 Å². The largest absolute Gasteiger partial charge is 0.495 e. The third-order valence-electron chi connectivity index (χ3n) is 4.14. The summed E-state index contributed by atoms with van der Waals surface area (Å²) in [6.45, 7) is 6.40. The number of fused-ring (bicyclic) bond motifs is 1. The number of methoxy groups -OCH3 is 1. The van der Waals surface area contributed by atoms with Crippen molar-refractivity contribution in [2.24, 2.45) is 0 Å². The molecule has 0 spiro atoms. The van der Waals surface area contributed by atoms with E-state index in [4.69, 9.17) is 9.47 Å². The molecule has 26 heavy (non-hydrogen) atoms. The SMILES string of the molecule is CCOc1cccn2c(C(=O)Nc3cc(C)ccc3OC)c(CC)nc12. The predicted octanol–water partition coefficient (Wildman–Crippen LogP) is 3.86. The Balaban J connectivity index is 2.06. The first-order chi connectivity index (χ1) is 12.6. The minimum Gasteiger partial charge on any atom is -0.495 e. The van der Waals surface area contributed by atoms with E-state index in [0.717, 1.165) is 11.3 Å². The fourth-order valence-corrected chi connectivity index (χ4v) is 2.95. The molecule has 0 aliphatic rings. The lowest BCUT2D eigenvalue weighted by molar-refractivity contribution is 0.102. The van der Waals surface area contributed by atoms with Gasteiger partial charge in [-0.25, -0.2) is 4.98 Å². The van der Waals surface area contributed by atoms with Gasteiger partial charge in [0.25, 0.3) is 5.91 Å². The topological polar surface area (TPSA) is 64.9 Å². The molecule has 0 unspecified atom stereocenters. The molecule has 0 aliphatic carbocycles. The first-order valence-electron chi connectivity index (χ1n) is 8.67. The molecular weight excluding hydrogens is 330 g/mol. The molecule has 6 heteroatoms. The summed E-state index contributed by atoms with van der Waals surface area (Å²) in [5.41, 5.74) is 3.55. The van der Waals surface area contributed by atoms with Gasteiger partial charge in [-0.2, -0.15) is 0 Å². The fraction of sp³-hybridized carbons (Fsp3) is 0.300. The van der Waals surface area contributed by atoms with Crippen molar-refractivity contribution in [1.29, 1.82) is 0 Å². The standard InChI is InChI=1S/C20H23N3O3/c1-5-14-18(23-11-7-8-17(26-6-2)19(23)21-14)20(24)22-15-12-13(3)9-10-16(15)25-4/h7-12H,5-6H2,1-4H3,(H,22,24). The Morgan fingerprint density at radius 3 is 2.73 bits per heavy atom. The maximum absolute atomic E-state index is 13.0. The van der Waals surface area contributed by atoms with E-state index in [9.17, 15) is 4.79 Å². The highest BCUT2D eigenvalue weighted by Gasteiger charge is 2.21. The van der Waals surface area contributed by atoms with Crippen molar-refractivity contribution in [3.8, 4) is 11.5 Å². The molecule has 1 amide bonds. The maximum Gasteiger partial charge on any atom is 0.274 e. The van der Waals surface area contributed by atoms with E-state index in [-0.39, 0.29) is 5.91 Å². The summed E-state index contributed by atoms with van der Waals surface area (Å²) in [6.07, 6.45) is 2.47. The van der Waals surface area contributed by atoms with Gasteiger partial charge in [0.05, 0.1) is 25.1 Å². The molecule has 1 aromatic carbocycles. The van der Waals surface area contributed by atoms with Crippen molar-refractivity contribution in [1.82, 2.24) is 9.38 Å². The van der Waals surface area contributed by atoms with Crippen LogP contribution in [0.5, 0.6) is 11.5 Å². The molecule has 136 valence electrons. The molecule has 3 rings (SSSR count). The molecule has 0 radical (unpaired) electrons. The van der Waals surface area contributed by atoms with Crippen LogP contribution in [0.1, 0.15) is 35.6 Å². The van der Waals surface area contributed by atoms with Crippen molar-refractivity contribution in [3.63, 3.8) is 0 Å². The smallest absolute Gasteiger partial charge is 0.274 e. The zero-order valence-corrected chi connectivity index (χ0v) is 15.5. The molecule has 1 N–H and O–H groups in total. The number of amides is 1. The highest BCUT2D eigenvalue weighted by atomic mass is 16.5. The van der Waals surface area contributed by atoms with Gasteiger partial charge in [0, 0.05) is 6.20 Å². The Hall–Kier alpha value is -3.02. The third-order valence-corrected chi connectivity index (χ3v) is 4.14. The summed E-state index contributed by atoms with van der Waals surface area (Å²) in [5.74, 6) is 1.05. The van der Waals surface area contributed by atoms with Gasteiger partial charge in [-0.15, -0.1) is 0 Å². The average molecular weight is 353 g/mol. The number of hydrogen-bond acceptors (Lipinski definition) is 4. The quantitative estimate of drug-likeness (QED) is 0.731. The van der Waals surface area contributed by atoms with Gasteiger partial charge < -0.3 is 14.8 Å². The summed E-state index contributed by atoms with van der Waals surface area (Å²) in [6, 6.07) is 9.37. The Morgan fingerprint density at radius 1 is 1.23 bits per heavy atom. The van der Waals surface area contributed by atoms with Crippen LogP contribution in [0.15, 0.2) is 36.5 Å². The number of nitrogens with zero attached hydrogens (tertiary/aromatic N) is 2. The number of ether oxygens (including phenoxy) is 2.